The standard InChI is InChI=1S/C22H24N2O5/c1-28-18(26)8-7-13-12-24(9-10-25)17-11-15(13)20(22(27)29-2)19-14-5-3-4-6-16(14)23-21(17)19/h3-8,12,15,17,20,23,25H,9-11H2,1-2H3/b8-7+/t15-,17-,20+/m1/s1. The second-order valence-electron chi connectivity index (χ2n) is 7.30. The highest BCUT2D eigenvalue weighted by molar-refractivity contribution is 5.92. The number of aliphatic hydroxyl groups excluding tert-OH is 1. The predicted octanol–water partition coefficient (Wildman–Crippen LogP) is 2.41. The normalized spacial score (nSPS) is 23.1. The molecule has 152 valence electrons. The van der Waals surface area contributed by atoms with Crippen LogP contribution < -0.4 is 0 Å². The summed E-state index contributed by atoms with van der Waals surface area (Å²) in [6.07, 6.45) is 5.67. The van der Waals surface area contributed by atoms with E-state index in [1.165, 1.54) is 20.3 Å². The number of aliphatic hydroxyl groups is 1. The molecule has 2 heterocycles. The third-order valence-corrected chi connectivity index (χ3v) is 5.87. The maximum atomic E-state index is 12.9. The van der Waals surface area contributed by atoms with Crippen LogP contribution in [0.2, 0.25) is 0 Å². The predicted molar refractivity (Wildman–Crippen MR) is 107 cm³/mol. The molecule has 1 aliphatic heterocycles. The van der Waals surface area contributed by atoms with Crippen LogP contribution in [0.4, 0.5) is 0 Å². The number of carbonyl (C=O) groups is 2. The Kier molecular flexibility index (Phi) is 5.15. The zero-order valence-corrected chi connectivity index (χ0v) is 16.4. The Bertz CT molecular complexity index is 1010. The molecular formula is C22H24N2O5. The lowest BCUT2D eigenvalue weighted by Crippen LogP contribution is -2.41. The lowest BCUT2D eigenvalue weighted by Gasteiger charge is -2.44. The number of carbonyl (C=O) groups excluding carboxylic acids is 2. The maximum Gasteiger partial charge on any atom is 0.330 e. The molecule has 0 amide bonds. The Morgan fingerprint density at radius 3 is 2.79 bits per heavy atom. The summed E-state index contributed by atoms with van der Waals surface area (Å²) in [6.45, 7) is 0.451. The molecule has 0 saturated heterocycles. The number of hydrogen-bond acceptors (Lipinski definition) is 6. The van der Waals surface area contributed by atoms with E-state index in [1.54, 1.807) is 6.08 Å². The highest BCUT2D eigenvalue weighted by Gasteiger charge is 2.46. The first kappa shape index (κ1) is 19.3. The molecule has 1 aliphatic carbocycles. The molecule has 7 nitrogen and oxygen atoms in total. The number of allylic oxidation sites excluding steroid dienone is 2. The van der Waals surface area contributed by atoms with Crippen molar-refractivity contribution < 1.29 is 24.2 Å². The van der Waals surface area contributed by atoms with Crippen molar-refractivity contribution in [2.75, 3.05) is 27.4 Å². The Morgan fingerprint density at radius 2 is 2.07 bits per heavy atom. The van der Waals surface area contributed by atoms with Gasteiger partial charge in [-0.1, -0.05) is 24.3 Å². The number of aromatic amines is 1. The Morgan fingerprint density at radius 1 is 1.28 bits per heavy atom. The first-order valence-electron chi connectivity index (χ1n) is 9.61. The summed E-state index contributed by atoms with van der Waals surface area (Å²) in [5.74, 6) is -1.38. The molecule has 0 saturated carbocycles. The molecule has 2 aromatic rings. The molecule has 2 N–H and O–H groups in total. The summed E-state index contributed by atoms with van der Waals surface area (Å²) in [6, 6.07) is 7.91. The van der Waals surface area contributed by atoms with Crippen molar-refractivity contribution in [1.29, 1.82) is 0 Å². The zero-order chi connectivity index (χ0) is 20.5. The van der Waals surface area contributed by atoms with E-state index in [-0.39, 0.29) is 24.5 Å². The van der Waals surface area contributed by atoms with Crippen LogP contribution in [-0.4, -0.2) is 54.3 Å². The number of benzene rings is 1. The molecular weight excluding hydrogens is 372 g/mol. The molecule has 2 aliphatic rings. The van der Waals surface area contributed by atoms with Gasteiger partial charge in [0.05, 0.1) is 32.8 Å². The van der Waals surface area contributed by atoms with Crippen LogP contribution in [0.25, 0.3) is 10.9 Å². The number of hydrogen-bond donors (Lipinski definition) is 2. The van der Waals surface area contributed by atoms with Crippen LogP contribution in [0.5, 0.6) is 0 Å². The van der Waals surface area contributed by atoms with Crippen LogP contribution >= 0.6 is 0 Å². The van der Waals surface area contributed by atoms with Gasteiger partial charge in [0.1, 0.15) is 0 Å². The smallest absolute Gasteiger partial charge is 0.330 e. The molecule has 2 bridgehead atoms. The monoisotopic (exact) mass is 396 g/mol. The molecule has 1 aromatic heterocycles. The summed E-state index contributed by atoms with van der Waals surface area (Å²) in [7, 11) is 2.73. The molecule has 0 spiro atoms. The van der Waals surface area contributed by atoms with Crippen LogP contribution in [-0.2, 0) is 19.1 Å². The zero-order valence-electron chi connectivity index (χ0n) is 16.4. The van der Waals surface area contributed by atoms with Gasteiger partial charge in [0.25, 0.3) is 0 Å². The number of para-hydroxylation sites is 1. The number of aromatic nitrogens is 1. The largest absolute Gasteiger partial charge is 0.469 e. The van der Waals surface area contributed by atoms with Gasteiger partial charge in [-0.2, -0.15) is 0 Å². The Labute approximate surface area is 168 Å². The van der Waals surface area contributed by atoms with Gasteiger partial charge in [-0.25, -0.2) is 4.79 Å². The van der Waals surface area contributed by atoms with Crippen molar-refractivity contribution in [1.82, 2.24) is 9.88 Å². The van der Waals surface area contributed by atoms with E-state index in [0.29, 0.717) is 13.0 Å². The van der Waals surface area contributed by atoms with Gasteiger partial charge in [-0.15, -0.1) is 0 Å². The molecule has 7 heteroatoms. The number of H-pyrrole nitrogens is 1. The third-order valence-electron chi connectivity index (χ3n) is 5.87. The van der Waals surface area contributed by atoms with Crippen LogP contribution in [0.15, 0.2) is 48.2 Å². The molecule has 0 radical (unpaired) electrons. The van der Waals surface area contributed by atoms with Gasteiger partial charge in [0.2, 0.25) is 0 Å². The number of nitrogens with zero attached hydrogens (tertiary/aromatic N) is 1. The highest BCUT2D eigenvalue weighted by Crippen LogP contribution is 2.52. The van der Waals surface area contributed by atoms with Crippen molar-refractivity contribution in [2.45, 2.75) is 18.4 Å². The summed E-state index contributed by atoms with van der Waals surface area (Å²) in [5.41, 5.74) is 3.73. The summed E-state index contributed by atoms with van der Waals surface area (Å²) in [5, 5.41) is 10.6. The number of rotatable bonds is 5. The number of ether oxygens (including phenoxy) is 2. The van der Waals surface area contributed by atoms with E-state index >= 15 is 0 Å². The van der Waals surface area contributed by atoms with Crippen molar-refractivity contribution in [3.8, 4) is 0 Å². The minimum Gasteiger partial charge on any atom is -0.469 e. The highest BCUT2D eigenvalue weighted by atomic mass is 16.5. The first-order valence-corrected chi connectivity index (χ1v) is 9.61. The summed E-state index contributed by atoms with van der Waals surface area (Å²) in [4.78, 5) is 30.1. The minimum atomic E-state index is -0.479. The second-order valence-corrected chi connectivity index (χ2v) is 7.30. The average molecular weight is 396 g/mol. The third kappa shape index (κ3) is 3.21. The van der Waals surface area contributed by atoms with Gasteiger partial charge in [-0.3, -0.25) is 4.79 Å². The SMILES string of the molecule is COC(=O)/C=C/C1=CN(CCO)[C@@H]2C[C@H]1[C@H](C(=O)OC)c1c2[nH]c2ccccc12. The Balaban J connectivity index is 1.89. The number of esters is 2. The quantitative estimate of drug-likeness (QED) is 0.596. The fourth-order valence-electron chi connectivity index (χ4n) is 4.63. The van der Waals surface area contributed by atoms with Crippen molar-refractivity contribution >= 4 is 22.8 Å². The molecule has 0 unspecified atom stereocenters. The number of nitrogens with one attached hydrogen (secondary N) is 1. The van der Waals surface area contributed by atoms with Gasteiger partial charge in [0.15, 0.2) is 0 Å². The van der Waals surface area contributed by atoms with E-state index < -0.39 is 11.9 Å². The summed E-state index contributed by atoms with van der Waals surface area (Å²) >= 11 is 0. The van der Waals surface area contributed by atoms with Gasteiger partial charge >= 0.3 is 11.9 Å². The molecule has 3 atom stereocenters. The van der Waals surface area contributed by atoms with Crippen molar-refractivity contribution in [2.24, 2.45) is 5.92 Å². The van der Waals surface area contributed by atoms with E-state index in [9.17, 15) is 14.7 Å². The van der Waals surface area contributed by atoms with E-state index in [0.717, 1.165) is 27.7 Å². The minimum absolute atomic E-state index is 0.00164. The topological polar surface area (TPSA) is 91.9 Å². The molecule has 29 heavy (non-hydrogen) atoms. The average Bonchev–Trinajstić information content (AvgIpc) is 3.13. The van der Waals surface area contributed by atoms with Gasteiger partial charge in [-0.05, 0) is 23.6 Å². The maximum absolute atomic E-state index is 12.9. The summed E-state index contributed by atoms with van der Waals surface area (Å²) < 4.78 is 9.89. The van der Waals surface area contributed by atoms with Crippen LogP contribution in [0, 0.1) is 5.92 Å². The second kappa shape index (κ2) is 7.75. The van der Waals surface area contributed by atoms with Gasteiger partial charge < -0.3 is 24.5 Å². The number of fused-ring (bicyclic) bond motifs is 6. The Hall–Kier alpha value is -3.06. The molecule has 1 aromatic carbocycles. The van der Waals surface area contributed by atoms with E-state index in [2.05, 4.69) is 9.88 Å². The lowest BCUT2D eigenvalue weighted by molar-refractivity contribution is -0.144. The first-order chi connectivity index (χ1) is 14.1. The van der Waals surface area contributed by atoms with Crippen molar-refractivity contribution in [3.05, 3.63) is 59.4 Å². The molecule has 4 rings (SSSR count). The fourth-order valence-corrected chi connectivity index (χ4v) is 4.63. The van der Waals surface area contributed by atoms with E-state index in [1.807, 2.05) is 30.5 Å². The molecule has 0 fully saturated rings. The van der Waals surface area contributed by atoms with Gasteiger partial charge in [0, 0.05) is 41.3 Å². The van der Waals surface area contributed by atoms with Crippen LogP contribution in [0.1, 0.15) is 29.6 Å². The van der Waals surface area contributed by atoms with Crippen LogP contribution in [0.3, 0.4) is 0 Å². The lowest BCUT2D eigenvalue weighted by atomic mass is 9.69. The van der Waals surface area contributed by atoms with E-state index in [4.69, 9.17) is 9.47 Å². The van der Waals surface area contributed by atoms with Crippen molar-refractivity contribution in [3.63, 3.8) is 0 Å². The number of methoxy groups -OCH3 is 2. The number of β-amino-alcohol motifs (C(OH)–C–C–N with tert-alkyl or cyclic N) is 1. The fraction of sp³-hybridized carbons (Fsp3) is 0.364.